The van der Waals surface area contributed by atoms with Gasteiger partial charge in [0, 0.05) is 18.3 Å². The van der Waals surface area contributed by atoms with Crippen LogP contribution in [-0.2, 0) is 0 Å². The number of aromatic nitrogens is 2. The third-order valence-electron chi connectivity index (χ3n) is 2.21. The molecule has 1 fully saturated rings. The summed E-state index contributed by atoms with van der Waals surface area (Å²) >= 11 is 0. The Hall–Kier alpha value is -1.12. The summed E-state index contributed by atoms with van der Waals surface area (Å²) in [6, 6.07) is 0. The van der Waals surface area contributed by atoms with E-state index in [1.54, 1.807) is 12.4 Å². The highest BCUT2D eigenvalue weighted by Gasteiger charge is 2.27. The summed E-state index contributed by atoms with van der Waals surface area (Å²) in [6.45, 7) is 0. The van der Waals surface area contributed by atoms with Crippen molar-refractivity contribution < 1.29 is 4.79 Å². The van der Waals surface area contributed by atoms with E-state index >= 15 is 0 Å². The van der Waals surface area contributed by atoms with Gasteiger partial charge in [-0.05, 0) is 12.8 Å². The summed E-state index contributed by atoms with van der Waals surface area (Å²) in [6.07, 6.45) is 6.58. The predicted molar refractivity (Wildman–Crippen MR) is 40.3 cm³/mol. The van der Waals surface area contributed by atoms with Crippen molar-refractivity contribution in [3.05, 3.63) is 18.2 Å². The fraction of sp³-hybridized carbons (Fsp3) is 0.500. The molecule has 3 heteroatoms. The molecule has 0 saturated heterocycles. The number of Topliss-reactive ketones (excluding diaryl/α,β-unsaturated/α-hetero) is 1. The van der Waals surface area contributed by atoms with Gasteiger partial charge >= 0.3 is 0 Å². The maximum absolute atomic E-state index is 11.4. The first kappa shape index (κ1) is 6.58. The van der Waals surface area contributed by atoms with E-state index in [9.17, 15) is 4.79 Å². The van der Waals surface area contributed by atoms with E-state index in [4.69, 9.17) is 0 Å². The Kier molecular flexibility index (Phi) is 1.49. The molecular formula is C8H10N2O. The molecule has 0 radical (unpaired) electrons. The van der Waals surface area contributed by atoms with Gasteiger partial charge in [-0.15, -0.1) is 0 Å². The number of imidazole rings is 1. The van der Waals surface area contributed by atoms with Gasteiger partial charge in [0.1, 0.15) is 0 Å². The number of H-pyrrole nitrogens is 1. The lowest BCUT2D eigenvalue weighted by atomic mass is 9.82. The average molecular weight is 150 g/mol. The van der Waals surface area contributed by atoms with Crippen LogP contribution in [0.4, 0.5) is 0 Å². The van der Waals surface area contributed by atoms with Crippen molar-refractivity contribution in [2.75, 3.05) is 0 Å². The second-order valence-electron chi connectivity index (χ2n) is 2.93. The molecule has 1 aliphatic carbocycles. The number of ketones is 1. The van der Waals surface area contributed by atoms with Crippen LogP contribution in [0.25, 0.3) is 0 Å². The minimum absolute atomic E-state index is 0.182. The van der Waals surface area contributed by atoms with Crippen LogP contribution in [0.2, 0.25) is 0 Å². The Bertz CT molecular complexity index is 249. The molecule has 1 aromatic rings. The Morgan fingerprint density at radius 3 is 2.91 bits per heavy atom. The lowest BCUT2D eigenvalue weighted by Gasteiger charge is -2.22. The van der Waals surface area contributed by atoms with Crippen LogP contribution in [-0.4, -0.2) is 15.8 Å². The van der Waals surface area contributed by atoms with E-state index in [0.29, 0.717) is 5.82 Å². The van der Waals surface area contributed by atoms with Crippen LogP contribution in [0.1, 0.15) is 29.9 Å². The first-order chi connectivity index (χ1) is 5.38. The fourth-order valence-corrected chi connectivity index (χ4v) is 1.26. The molecule has 1 aromatic heterocycles. The average Bonchev–Trinajstić information content (AvgIpc) is 2.32. The summed E-state index contributed by atoms with van der Waals surface area (Å²) in [7, 11) is 0. The zero-order valence-corrected chi connectivity index (χ0v) is 6.21. The third-order valence-corrected chi connectivity index (χ3v) is 2.21. The lowest BCUT2D eigenvalue weighted by molar-refractivity contribution is 0.0845. The van der Waals surface area contributed by atoms with Gasteiger partial charge in [-0.2, -0.15) is 0 Å². The van der Waals surface area contributed by atoms with Gasteiger partial charge in [0.25, 0.3) is 0 Å². The zero-order valence-electron chi connectivity index (χ0n) is 6.21. The quantitative estimate of drug-likeness (QED) is 0.647. The Morgan fingerprint density at radius 1 is 1.64 bits per heavy atom. The molecule has 2 rings (SSSR count). The van der Waals surface area contributed by atoms with Crippen molar-refractivity contribution in [1.82, 2.24) is 9.97 Å². The smallest absolute Gasteiger partial charge is 0.201 e. The largest absolute Gasteiger partial charge is 0.342 e. The molecule has 1 N–H and O–H groups in total. The van der Waals surface area contributed by atoms with Gasteiger partial charge < -0.3 is 4.98 Å². The SMILES string of the molecule is O=C(c1ncc[nH]1)C1CCC1. The molecule has 0 amide bonds. The van der Waals surface area contributed by atoms with Crippen LogP contribution >= 0.6 is 0 Å². The number of hydrogen-bond donors (Lipinski definition) is 1. The number of carbonyl (C=O) groups is 1. The van der Waals surface area contributed by atoms with Gasteiger partial charge in [-0.1, -0.05) is 6.42 Å². The third kappa shape index (κ3) is 1.06. The van der Waals surface area contributed by atoms with E-state index in [1.165, 1.54) is 6.42 Å². The molecule has 0 bridgehead atoms. The molecule has 3 nitrogen and oxygen atoms in total. The van der Waals surface area contributed by atoms with Crippen molar-refractivity contribution in [2.45, 2.75) is 19.3 Å². The highest BCUT2D eigenvalue weighted by atomic mass is 16.1. The highest BCUT2D eigenvalue weighted by molar-refractivity contribution is 5.94. The lowest BCUT2D eigenvalue weighted by Crippen LogP contribution is -2.22. The summed E-state index contributed by atoms with van der Waals surface area (Å²) in [5.41, 5.74) is 0. The van der Waals surface area contributed by atoms with Crippen molar-refractivity contribution >= 4 is 5.78 Å². The minimum atomic E-state index is 0.182. The molecule has 58 valence electrons. The van der Waals surface area contributed by atoms with E-state index in [-0.39, 0.29) is 11.7 Å². The molecule has 0 spiro atoms. The molecule has 0 aliphatic heterocycles. The standard InChI is InChI=1S/C8H10N2O/c11-7(6-2-1-3-6)8-9-4-5-10-8/h4-6H,1-3H2,(H,9,10). The summed E-state index contributed by atoms with van der Waals surface area (Å²) in [5.74, 6) is 0.956. The van der Waals surface area contributed by atoms with Crippen LogP contribution in [0.3, 0.4) is 0 Å². The van der Waals surface area contributed by atoms with Gasteiger partial charge in [-0.25, -0.2) is 4.98 Å². The summed E-state index contributed by atoms with van der Waals surface area (Å²) in [5, 5.41) is 0. The number of hydrogen-bond acceptors (Lipinski definition) is 2. The number of rotatable bonds is 2. The summed E-state index contributed by atoms with van der Waals surface area (Å²) in [4.78, 5) is 18.1. The first-order valence-electron chi connectivity index (χ1n) is 3.91. The fourth-order valence-electron chi connectivity index (χ4n) is 1.26. The van der Waals surface area contributed by atoms with E-state index in [2.05, 4.69) is 9.97 Å². The van der Waals surface area contributed by atoms with Crippen molar-refractivity contribution in [3.63, 3.8) is 0 Å². The molecule has 11 heavy (non-hydrogen) atoms. The number of nitrogens with zero attached hydrogens (tertiary/aromatic N) is 1. The van der Waals surface area contributed by atoms with Crippen molar-refractivity contribution in [3.8, 4) is 0 Å². The van der Waals surface area contributed by atoms with Crippen LogP contribution in [0.5, 0.6) is 0 Å². The van der Waals surface area contributed by atoms with Crippen molar-refractivity contribution in [1.29, 1.82) is 0 Å². The van der Waals surface area contributed by atoms with Gasteiger partial charge in [0.05, 0.1) is 0 Å². The Labute approximate surface area is 64.8 Å². The van der Waals surface area contributed by atoms with E-state index in [0.717, 1.165) is 12.8 Å². The minimum Gasteiger partial charge on any atom is -0.342 e. The van der Waals surface area contributed by atoms with Gasteiger partial charge in [0.2, 0.25) is 5.78 Å². The maximum Gasteiger partial charge on any atom is 0.201 e. The number of aromatic amines is 1. The van der Waals surface area contributed by atoms with Gasteiger partial charge in [-0.3, -0.25) is 4.79 Å². The first-order valence-corrected chi connectivity index (χ1v) is 3.91. The normalized spacial score (nSPS) is 17.8. The second kappa shape index (κ2) is 2.49. The molecule has 0 aromatic carbocycles. The molecule has 1 heterocycles. The van der Waals surface area contributed by atoms with Crippen molar-refractivity contribution in [2.24, 2.45) is 5.92 Å². The second-order valence-corrected chi connectivity index (χ2v) is 2.93. The molecule has 0 atom stereocenters. The predicted octanol–water partition coefficient (Wildman–Crippen LogP) is 1.39. The monoisotopic (exact) mass is 150 g/mol. The molecular weight excluding hydrogens is 140 g/mol. The Morgan fingerprint density at radius 2 is 2.45 bits per heavy atom. The maximum atomic E-state index is 11.4. The van der Waals surface area contributed by atoms with Crippen LogP contribution in [0, 0.1) is 5.92 Å². The van der Waals surface area contributed by atoms with Gasteiger partial charge in [0.15, 0.2) is 5.82 Å². The molecule has 1 saturated carbocycles. The topological polar surface area (TPSA) is 45.8 Å². The number of nitrogens with one attached hydrogen (secondary N) is 1. The molecule has 0 unspecified atom stereocenters. The summed E-state index contributed by atoms with van der Waals surface area (Å²) < 4.78 is 0. The Balaban J connectivity index is 2.10. The van der Waals surface area contributed by atoms with Crippen LogP contribution < -0.4 is 0 Å². The zero-order chi connectivity index (χ0) is 7.68. The van der Waals surface area contributed by atoms with Crippen LogP contribution in [0.15, 0.2) is 12.4 Å². The van der Waals surface area contributed by atoms with E-state index < -0.39 is 0 Å². The van der Waals surface area contributed by atoms with E-state index in [1.807, 2.05) is 0 Å². The number of carbonyl (C=O) groups excluding carboxylic acids is 1. The highest BCUT2D eigenvalue weighted by Crippen LogP contribution is 2.28. The molecule has 1 aliphatic rings.